The first-order valence-electron chi connectivity index (χ1n) is 10.3. The molecule has 7 heteroatoms. The van der Waals surface area contributed by atoms with Crippen LogP contribution in [0.1, 0.15) is 6.42 Å². The number of piperazine rings is 1. The first kappa shape index (κ1) is 20.2. The zero-order chi connectivity index (χ0) is 21.1. The van der Waals surface area contributed by atoms with Crippen molar-refractivity contribution in [1.82, 2.24) is 4.90 Å². The second-order valence-corrected chi connectivity index (χ2v) is 7.93. The predicted octanol–water partition coefficient (Wildman–Crippen LogP) is 2.44. The molecule has 4 rings (SSSR count). The summed E-state index contributed by atoms with van der Waals surface area (Å²) in [5, 5.41) is 2.97. The van der Waals surface area contributed by atoms with Crippen molar-refractivity contribution in [2.24, 2.45) is 5.92 Å². The molecule has 2 aromatic carbocycles. The summed E-state index contributed by atoms with van der Waals surface area (Å²) in [7, 11) is 3.74. The average molecular weight is 409 g/mol. The molecule has 0 aliphatic carbocycles. The van der Waals surface area contributed by atoms with Gasteiger partial charge in [-0.15, -0.1) is 0 Å². The van der Waals surface area contributed by atoms with Crippen LogP contribution >= 0.6 is 0 Å². The van der Waals surface area contributed by atoms with Gasteiger partial charge in [-0.05, 0) is 55.6 Å². The predicted molar refractivity (Wildman–Crippen MR) is 118 cm³/mol. The van der Waals surface area contributed by atoms with Crippen molar-refractivity contribution >= 4 is 28.9 Å². The molecule has 0 radical (unpaired) electrons. The number of nitrogens with one attached hydrogen (secondary N) is 1. The number of nitrogens with zero attached hydrogens (tertiary/aromatic N) is 3. The molecular weight excluding hydrogens is 380 g/mol. The lowest BCUT2D eigenvalue weighted by molar-refractivity contribution is -0.122. The Morgan fingerprint density at radius 1 is 0.967 bits per heavy atom. The van der Waals surface area contributed by atoms with E-state index in [2.05, 4.69) is 22.2 Å². The van der Waals surface area contributed by atoms with Crippen LogP contribution in [0.5, 0.6) is 5.75 Å². The molecule has 1 N–H and O–H groups in total. The van der Waals surface area contributed by atoms with E-state index in [1.807, 2.05) is 48.5 Å². The molecule has 2 fully saturated rings. The normalized spacial score (nSPS) is 19.8. The van der Waals surface area contributed by atoms with Crippen LogP contribution in [0.4, 0.5) is 17.1 Å². The Morgan fingerprint density at radius 2 is 1.60 bits per heavy atom. The molecule has 7 nitrogen and oxygen atoms in total. The van der Waals surface area contributed by atoms with E-state index in [0.29, 0.717) is 6.54 Å². The Hall–Kier alpha value is -3.06. The third kappa shape index (κ3) is 4.41. The van der Waals surface area contributed by atoms with Crippen molar-refractivity contribution < 1.29 is 14.3 Å². The number of hydrogen-bond donors (Lipinski definition) is 1. The van der Waals surface area contributed by atoms with E-state index in [9.17, 15) is 9.59 Å². The number of amides is 2. The first-order valence-corrected chi connectivity index (χ1v) is 10.3. The number of anilines is 3. The van der Waals surface area contributed by atoms with Gasteiger partial charge in [0.25, 0.3) is 0 Å². The summed E-state index contributed by atoms with van der Waals surface area (Å²) in [4.78, 5) is 31.5. The van der Waals surface area contributed by atoms with Gasteiger partial charge < -0.3 is 24.8 Å². The summed E-state index contributed by atoms with van der Waals surface area (Å²) in [5.41, 5.74) is 2.71. The molecule has 1 atom stereocenters. The quantitative estimate of drug-likeness (QED) is 0.823. The van der Waals surface area contributed by atoms with Crippen LogP contribution in [-0.2, 0) is 9.59 Å². The van der Waals surface area contributed by atoms with Crippen molar-refractivity contribution in [3.8, 4) is 5.75 Å². The van der Waals surface area contributed by atoms with Gasteiger partial charge in [0.1, 0.15) is 5.75 Å². The highest BCUT2D eigenvalue weighted by Gasteiger charge is 2.35. The molecule has 0 bridgehead atoms. The molecule has 2 amide bonds. The van der Waals surface area contributed by atoms with Gasteiger partial charge in [-0.1, -0.05) is 0 Å². The molecule has 2 saturated heterocycles. The fourth-order valence-corrected chi connectivity index (χ4v) is 3.96. The summed E-state index contributed by atoms with van der Waals surface area (Å²) in [6.07, 6.45) is 0.219. The maximum absolute atomic E-state index is 12.7. The van der Waals surface area contributed by atoms with E-state index < -0.39 is 0 Å². The zero-order valence-electron chi connectivity index (χ0n) is 17.5. The minimum Gasteiger partial charge on any atom is -0.497 e. The maximum atomic E-state index is 12.7. The van der Waals surface area contributed by atoms with E-state index >= 15 is 0 Å². The Kier molecular flexibility index (Phi) is 5.90. The van der Waals surface area contributed by atoms with Gasteiger partial charge in [0.2, 0.25) is 11.8 Å². The lowest BCUT2D eigenvalue weighted by atomic mass is 10.1. The Balaban J connectivity index is 1.35. The van der Waals surface area contributed by atoms with E-state index in [1.165, 1.54) is 5.69 Å². The lowest BCUT2D eigenvalue weighted by Crippen LogP contribution is -2.44. The monoisotopic (exact) mass is 408 g/mol. The van der Waals surface area contributed by atoms with E-state index in [4.69, 9.17) is 4.74 Å². The molecule has 158 valence electrons. The van der Waals surface area contributed by atoms with Crippen molar-refractivity contribution in [3.05, 3.63) is 48.5 Å². The fourth-order valence-electron chi connectivity index (χ4n) is 3.96. The minimum atomic E-state index is -0.364. The van der Waals surface area contributed by atoms with Crippen molar-refractivity contribution in [2.75, 3.05) is 62.0 Å². The number of ether oxygens (including phenoxy) is 1. The van der Waals surface area contributed by atoms with Gasteiger partial charge in [0, 0.05) is 56.2 Å². The number of hydrogen-bond acceptors (Lipinski definition) is 5. The van der Waals surface area contributed by atoms with Crippen molar-refractivity contribution in [2.45, 2.75) is 6.42 Å². The molecule has 2 aliphatic rings. The standard InChI is InChI=1S/C23H28N4O3/c1-25-11-13-26(14-12-25)19-5-3-18(4-6-19)24-23(29)17-15-22(28)27(16-17)20-7-9-21(30-2)10-8-20/h3-10,17H,11-16H2,1-2H3,(H,24,29)/t17-/m1/s1. The van der Waals surface area contributed by atoms with Gasteiger partial charge in [-0.25, -0.2) is 0 Å². The highest BCUT2D eigenvalue weighted by atomic mass is 16.5. The third-order valence-corrected chi connectivity index (χ3v) is 5.88. The summed E-state index contributed by atoms with van der Waals surface area (Å²) in [6.45, 7) is 4.51. The SMILES string of the molecule is COc1ccc(N2C[C@H](C(=O)Nc3ccc(N4CCN(C)CC4)cc3)CC2=O)cc1. The van der Waals surface area contributed by atoms with Crippen molar-refractivity contribution in [3.63, 3.8) is 0 Å². The zero-order valence-corrected chi connectivity index (χ0v) is 17.5. The van der Waals surface area contributed by atoms with Gasteiger partial charge in [-0.2, -0.15) is 0 Å². The highest BCUT2D eigenvalue weighted by Crippen LogP contribution is 2.28. The second-order valence-electron chi connectivity index (χ2n) is 7.93. The largest absolute Gasteiger partial charge is 0.497 e. The van der Waals surface area contributed by atoms with Gasteiger partial charge >= 0.3 is 0 Å². The number of benzene rings is 2. The number of rotatable bonds is 5. The number of methoxy groups -OCH3 is 1. The summed E-state index contributed by atoms with van der Waals surface area (Å²) in [5.74, 6) is 0.217. The summed E-state index contributed by atoms with van der Waals surface area (Å²) in [6, 6.07) is 15.3. The number of likely N-dealkylation sites (N-methyl/N-ethyl adjacent to an activating group) is 1. The highest BCUT2D eigenvalue weighted by molar-refractivity contribution is 6.03. The third-order valence-electron chi connectivity index (χ3n) is 5.88. The topological polar surface area (TPSA) is 65.1 Å². The van der Waals surface area contributed by atoms with Crippen LogP contribution in [0.3, 0.4) is 0 Å². The Bertz CT molecular complexity index is 890. The molecule has 2 aliphatic heterocycles. The van der Waals surface area contributed by atoms with E-state index in [-0.39, 0.29) is 24.2 Å². The van der Waals surface area contributed by atoms with Crippen LogP contribution in [0, 0.1) is 5.92 Å². The average Bonchev–Trinajstić information content (AvgIpc) is 3.17. The van der Waals surface area contributed by atoms with Gasteiger partial charge in [0.15, 0.2) is 0 Å². The molecule has 0 unspecified atom stereocenters. The van der Waals surface area contributed by atoms with E-state index in [0.717, 1.165) is 43.3 Å². The smallest absolute Gasteiger partial charge is 0.229 e. The second kappa shape index (κ2) is 8.75. The molecule has 0 saturated carbocycles. The molecular formula is C23H28N4O3. The molecule has 2 aromatic rings. The van der Waals surface area contributed by atoms with E-state index in [1.54, 1.807) is 12.0 Å². The maximum Gasteiger partial charge on any atom is 0.229 e. The molecule has 30 heavy (non-hydrogen) atoms. The fraction of sp³-hybridized carbons (Fsp3) is 0.391. The van der Waals surface area contributed by atoms with Crippen LogP contribution in [0.25, 0.3) is 0 Å². The van der Waals surface area contributed by atoms with Gasteiger partial charge in [-0.3, -0.25) is 9.59 Å². The molecule has 0 aromatic heterocycles. The number of carbonyl (C=O) groups is 2. The molecule has 2 heterocycles. The van der Waals surface area contributed by atoms with Crippen molar-refractivity contribution in [1.29, 1.82) is 0 Å². The lowest BCUT2D eigenvalue weighted by Gasteiger charge is -2.34. The Labute approximate surface area is 177 Å². The van der Waals surface area contributed by atoms with Crippen LogP contribution in [0.2, 0.25) is 0 Å². The van der Waals surface area contributed by atoms with Crippen LogP contribution < -0.4 is 19.9 Å². The van der Waals surface area contributed by atoms with Gasteiger partial charge in [0.05, 0.1) is 13.0 Å². The van der Waals surface area contributed by atoms with Crippen LogP contribution in [-0.4, -0.2) is 63.6 Å². The Morgan fingerprint density at radius 3 is 2.23 bits per heavy atom. The molecule has 0 spiro atoms. The first-order chi connectivity index (χ1) is 14.5. The minimum absolute atomic E-state index is 0.0364. The summed E-state index contributed by atoms with van der Waals surface area (Å²) >= 11 is 0. The van der Waals surface area contributed by atoms with Crippen LogP contribution in [0.15, 0.2) is 48.5 Å². The number of carbonyl (C=O) groups excluding carboxylic acids is 2. The summed E-state index contributed by atoms with van der Waals surface area (Å²) < 4.78 is 5.16.